The number of carboxylic acids is 1. The van der Waals surface area contributed by atoms with Gasteiger partial charge in [0.05, 0.1) is 5.92 Å². The predicted octanol–water partition coefficient (Wildman–Crippen LogP) is 2.29. The molecule has 1 N–H and O–H groups in total. The van der Waals surface area contributed by atoms with E-state index in [1.165, 1.54) is 11.1 Å². The molecule has 0 spiro atoms. The van der Waals surface area contributed by atoms with Crippen molar-refractivity contribution < 1.29 is 9.90 Å². The molecular weight excluding hydrogens is 214 g/mol. The van der Waals surface area contributed by atoms with Crippen LogP contribution in [0.1, 0.15) is 24.0 Å². The molecule has 1 aliphatic rings. The fourth-order valence-corrected chi connectivity index (χ4v) is 2.51. The second-order valence-electron chi connectivity index (χ2n) is 4.99. The van der Waals surface area contributed by atoms with Crippen LogP contribution in [0.15, 0.2) is 24.3 Å². The average molecular weight is 233 g/mol. The number of aryl methyl sites for hydroxylation is 1. The SMILES string of the molecule is Cc1cccc(CN(C)C2CCC2C(=O)O)c1. The van der Waals surface area contributed by atoms with Crippen LogP contribution < -0.4 is 0 Å². The Morgan fingerprint density at radius 2 is 2.24 bits per heavy atom. The van der Waals surface area contributed by atoms with Crippen LogP contribution in [0.4, 0.5) is 0 Å². The van der Waals surface area contributed by atoms with Crippen molar-refractivity contribution in [1.29, 1.82) is 0 Å². The van der Waals surface area contributed by atoms with Gasteiger partial charge in [0, 0.05) is 12.6 Å². The maximum atomic E-state index is 11.0. The monoisotopic (exact) mass is 233 g/mol. The van der Waals surface area contributed by atoms with Gasteiger partial charge in [-0.2, -0.15) is 0 Å². The summed E-state index contributed by atoms with van der Waals surface area (Å²) in [6, 6.07) is 8.58. The van der Waals surface area contributed by atoms with Gasteiger partial charge in [0.1, 0.15) is 0 Å². The lowest BCUT2D eigenvalue weighted by Gasteiger charge is -2.40. The molecule has 1 aromatic carbocycles. The van der Waals surface area contributed by atoms with Gasteiger partial charge in [0.15, 0.2) is 0 Å². The lowest BCUT2D eigenvalue weighted by atomic mass is 9.78. The molecule has 3 heteroatoms. The minimum atomic E-state index is -0.655. The summed E-state index contributed by atoms with van der Waals surface area (Å²) < 4.78 is 0. The topological polar surface area (TPSA) is 40.5 Å². The van der Waals surface area contributed by atoms with E-state index in [1.807, 2.05) is 13.1 Å². The fourth-order valence-electron chi connectivity index (χ4n) is 2.51. The van der Waals surface area contributed by atoms with Crippen molar-refractivity contribution in [3.63, 3.8) is 0 Å². The van der Waals surface area contributed by atoms with Crippen LogP contribution in [-0.2, 0) is 11.3 Å². The summed E-state index contributed by atoms with van der Waals surface area (Å²) in [5.41, 5.74) is 2.50. The number of hydrogen-bond donors (Lipinski definition) is 1. The van der Waals surface area contributed by atoms with Crippen LogP contribution in [0.2, 0.25) is 0 Å². The van der Waals surface area contributed by atoms with E-state index < -0.39 is 5.97 Å². The molecule has 0 bridgehead atoms. The number of aliphatic carboxylic acids is 1. The van der Waals surface area contributed by atoms with Gasteiger partial charge in [-0.1, -0.05) is 29.8 Å². The Morgan fingerprint density at radius 3 is 2.76 bits per heavy atom. The zero-order valence-corrected chi connectivity index (χ0v) is 10.4. The summed E-state index contributed by atoms with van der Waals surface area (Å²) in [6.45, 7) is 2.91. The number of hydrogen-bond acceptors (Lipinski definition) is 2. The van der Waals surface area contributed by atoms with Gasteiger partial charge in [-0.15, -0.1) is 0 Å². The summed E-state index contributed by atoms with van der Waals surface area (Å²) in [5, 5.41) is 9.04. The van der Waals surface area contributed by atoms with Crippen LogP contribution >= 0.6 is 0 Å². The first-order valence-electron chi connectivity index (χ1n) is 6.06. The molecule has 1 aliphatic carbocycles. The Balaban J connectivity index is 1.97. The molecule has 1 fully saturated rings. The minimum Gasteiger partial charge on any atom is -0.481 e. The normalized spacial score (nSPS) is 23.5. The van der Waals surface area contributed by atoms with E-state index in [4.69, 9.17) is 5.11 Å². The highest BCUT2D eigenvalue weighted by Gasteiger charge is 2.38. The van der Waals surface area contributed by atoms with Crippen LogP contribution in [-0.4, -0.2) is 29.1 Å². The molecule has 0 saturated heterocycles. The van der Waals surface area contributed by atoms with E-state index in [0.29, 0.717) is 0 Å². The predicted molar refractivity (Wildman–Crippen MR) is 66.8 cm³/mol. The number of rotatable bonds is 4. The zero-order valence-electron chi connectivity index (χ0n) is 10.4. The quantitative estimate of drug-likeness (QED) is 0.867. The Kier molecular flexibility index (Phi) is 3.48. The van der Waals surface area contributed by atoms with Gasteiger partial charge in [0.2, 0.25) is 0 Å². The maximum Gasteiger partial charge on any atom is 0.308 e. The van der Waals surface area contributed by atoms with Crippen molar-refractivity contribution in [3.05, 3.63) is 35.4 Å². The lowest BCUT2D eigenvalue weighted by Crippen LogP contribution is -2.48. The number of carboxylic acid groups (broad SMARTS) is 1. The fraction of sp³-hybridized carbons (Fsp3) is 0.500. The molecule has 0 aliphatic heterocycles. The van der Waals surface area contributed by atoms with Crippen LogP contribution in [0, 0.1) is 12.8 Å². The first kappa shape index (κ1) is 12.1. The third-order valence-electron chi connectivity index (χ3n) is 3.64. The lowest BCUT2D eigenvalue weighted by molar-refractivity contribution is -0.148. The van der Waals surface area contributed by atoms with E-state index in [0.717, 1.165) is 19.4 Å². The minimum absolute atomic E-state index is 0.176. The summed E-state index contributed by atoms with van der Waals surface area (Å²) in [7, 11) is 2.02. The number of nitrogens with zero attached hydrogens (tertiary/aromatic N) is 1. The smallest absolute Gasteiger partial charge is 0.308 e. The highest BCUT2D eigenvalue weighted by molar-refractivity contribution is 5.72. The van der Waals surface area contributed by atoms with Crippen molar-refractivity contribution in [3.8, 4) is 0 Å². The Morgan fingerprint density at radius 1 is 1.47 bits per heavy atom. The third-order valence-corrected chi connectivity index (χ3v) is 3.64. The molecule has 0 amide bonds. The molecule has 0 radical (unpaired) electrons. The summed E-state index contributed by atoms with van der Waals surface area (Å²) >= 11 is 0. The second-order valence-corrected chi connectivity index (χ2v) is 4.99. The molecule has 3 nitrogen and oxygen atoms in total. The Bertz CT molecular complexity index is 416. The van der Waals surface area contributed by atoms with E-state index in [9.17, 15) is 4.79 Å². The molecule has 2 rings (SSSR count). The molecule has 1 aromatic rings. The van der Waals surface area contributed by atoms with Gasteiger partial charge in [0.25, 0.3) is 0 Å². The van der Waals surface area contributed by atoms with E-state index in [1.54, 1.807) is 0 Å². The number of carbonyl (C=O) groups is 1. The van der Waals surface area contributed by atoms with Gasteiger partial charge < -0.3 is 5.11 Å². The van der Waals surface area contributed by atoms with Crippen LogP contribution in [0.5, 0.6) is 0 Å². The van der Waals surface area contributed by atoms with Crippen LogP contribution in [0.25, 0.3) is 0 Å². The molecule has 92 valence electrons. The Labute approximate surface area is 102 Å². The number of benzene rings is 1. The van der Waals surface area contributed by atoms with Crippen molar-refractivity contribution in [2.45, 2.75) is 32.4 Å². The standard InChI is InChI=1S/C14H19NO2/c1-10-4-3-5-11(8-10)9-15(2)13-7-6-12(13)14(16)17/h3-5,8,12-13H,6-7,9H2,1-2H3,(H,16,17). The van der Waals surface area contributed by atoms with Crippen molar-refractivity contribution in [2.75, 3.05) is 7.05 Å². The maximum absolute atomic E-state index is 11.0. The largest absolute Gasteiger partial charge is 0.481 e. The molecule has 1 saturated carbocycles. The van der Waals surface area contributed by atoms with Crippen molar-refractivity contribution in [2.24, 2.45) is 5.92 Å². The zero-order chi connectivity index (χ0) is 12.4. The summed E-state index contributed by atoms with van der Waals surface area (Å²) in [5.74, 6) is -0.831. The van der Waals surface area contributed by atoms with Gasteiger partial charge in [-0.05, 0) is 32.4 Å². The first-order valence-corrected chi connectivity index (χ1v) is 6.06. The molecule has 0 heterocycles. The molecule has 17 heavy (non-hydrogen) atoms. The van der Waals surface area contributed by atoms with Crippen molar-refractivity contribution >= 4 is 5.97 Å². The van der Waals surface area contributed by atoms with Gasteiger partial charge >= 0.3 is 5.97 Å². The summed E-state index contributed by atoms with van der Waals surface area (Å²) in [6.07, 6.45) is 1.82. The van der Waals surface area contributed by atoms with Gasteiger partial charge in [-0.25, -0.2) is 0 Å². The van der Waals surface area contributed by atoms with E-state index >= 15 is 0 Å². The van der Waals surface area contributed by atoms with Gasteiger partial charge in [-0.3, -0.25) is 9.69 Å². The highest BCUT2D eigenvalue weighted by atomic mass is 16.4. The van der Waals surface area contributed by atoms with E-state index in [2.05, 4.69) is 30.0 Å². The first-order chi connectivity index (χ1) is 8.08. The highest BCUT2D eigenvalue weighted by Crippen LogP contribution is 2.32. The average Bonchev–Trinajstić information content (AvgIpc) is 2.13. The van der Waals surface area contributed by atoms with E-state index in [-0.39, 0.29) is 12.0 Å². The summed E-state index contributed by atoms with van der Waals surface area (Å²) in [4.78, 5) is 13.1. The molecular formula is C14H19NO2. The Hall–Kier alpha value is -1.35. The van der Waals surface area contributed by atoms with Crippen molar-refractivity contribution in [1.82, 2.24) is 4.90 Å². The molecule has 2 unspecified atom stereocenters. The van der Waals surface area contributed by atoms with Crippen LogP contribution in [0.3, 0.4) is 0 Å². The third kappa shape index (κ3) is 2.67. The molecule has 0 aromatic heterocycles. The second kappa shape index (κ2) is 4.88. The molecule has 2 atom stereocenters.